The van der Waals surface area contributed by atoms with Gasteiger partial charge >= 0.3 is 0 Å². The van der Waals surface area contributed by atoms with Crippen molar-refractivity contribution in [3.8, 4) is 5.75 Å². The second kappa shape index (κ2) is 5.71. The van der Waals surface area contributed by atoms with E-state index >= 15 is 0 Å². The molecule has 1 aromatic carbocycles. The van der Waals surface area contributed by atoms with Gasteiger partial charge in [-0.1, -0.05) is 0 Å². The standard InChI is InChI=1S/C13H17N3O3/c1-8(17)15-10-3-4-12(19-2)11(5-10)16-13(18)9-6-14-7-9/h3-5,9,14H,6-7H2,1-2H3,(H,15,17)(H,16,18). The minimum atomic E-state index is -0.161. The molecule has 2 rings (SSSR count). The van der Waals surface area contributed by atoms with Gasteiger partial charge < -0.3 is 20.7 Å². The third-order valence-electron chi connectivity index (χ3n) is 2.93. The molecule has 1 aliphatic rings. The lowest BCUT2D eigenvalue weighted by Crippen LogP contribution is -2.48. The number of methoxy groups -OCH3 is 1. The van der Waals surface area contributed by atoms with Gasteiger partial charge in [0, 0.05) is 25.7 Å². The molecule has 0 spiro atoms. The van der Waals surface area contributed by atoms with E-state index in [2.05, 4.69) is 16.0 Å². The van der Waals surface area contributed by atoms with Crippen LogP contribution in [0.4, 0.5) is 11.4 Å². The van der Waals surface area contributed by atoms with Crippen molar-refractivity contribution in [3.63, 3.8) is 0 Å². The summed E-state index contributed by atoms with van der Waals surface area (Å²) in [7, 11) is 1.54. The molecule has 19 heavy (non-hydrogen) atoms. The van der Waals surface area contributed by atoms with Crippen LogP contribution < -0.4 is 20.7 Å². The molecular formula is C13H17N3O3. The van der Waals surface area contributed by atoms with E-state index in [1.165, 1.54) is 14.0 Å². The molecule has 0 radical (unpaired) electrons. The predicted molar refractivity (Wildman–Crippen MR) is 72.3 cm³/mol. The van der Waals surface area contributed by atoms with E-state index in [-0.39, 0.29) is 17.7 Å². The average molecular weight is 263 g/mol. The van der Waals surface area contributed by atoms with Crippen molar-refractivity contribution in [1.82, 2.24) is 5.32 Å². The fraction of sp³-hybridized carbons (Fsp3) is 0.385. The summed E-state index contributed by atoms with van der Waals surface area (Å²) in [6.07, 6.45) is 0. The van der Waals surface area contributed by atoms with Gasteiger partial charge in [0.2, 0.25) is 11.8 Å². The Morgan fingerprint density at radius 3 is 2.58 bits per heavy atom. The maximum absolute atomic E-state index is 11.9. The summed E-state index contributed by atoms with van der Waals surface area (Å²) in [6, 6.07) is 5.12. The molecule has 0 unspecified atom stereocenters. The van der Waals surface area contributed by atoms with Gasteiger partial charge in [-0.2, -0.15) is 0 Å². The Morgan fingerprint density at radius 1 is 1.32 bits per heavy atom. The number of hydrogen-bond donors (Lipinski definition) is 3. The molecule has 3 N–H and O–H groups in total. The Balaban J connectivity index is 2.15. The fourth-order valence-electron chi connectivity index (χ4n) is 1.80. The Hall–Kier alpha value is -2.08. The number of carbonyl (C=O) groups is 2. The molecule has 1 fully saturated rings. The van der Waals surface area contributed by atoms with Crippen LogP contribution in [0.25, 0.3) is 0 Å². The van der Waals surface area contributed by atoms with Crippen LogP contribution in [0.2, 0.25) is 0 Å². The van der Waals surface area contributed by atoms with E-state index in [1.807, 2.05) is 0 Å². The zero-order valence-corrected chi connectivity index (χ0v) is 10.9. The molecular weight excluding hydrogens is 246 g/mol. The van der Waals surface area contributed by atoms with Gasteiger partial charge in [0.05, 0.1) is 18.7 Å². The van der Waals surface area contributed by atoms with E-state index in [1.54, 1.807) is 18.2 Å². The smallest absolute Gasteiger partial charge is 0.230 e. The normalized spacial score (nSPS) is 14.4. The lowest BCUT2D eigenvalue weighted by molar-refractivity contribution is -0.121. The van der Waals surface area contributed by atoms with Gasteiger partial charge in [-0.25, -0.2) is 0 Å². The maximum atomic E-state index is 11.9. The summed E-state index contributed by atoms with van der Waals surface area (Å²) in [5.41, 5.74) is 1.18. The maximum Gasteiger partial charge on any atom is 0.230 e. The van der Waals surface area contributed by atoms with Gasteiger partial charge in [-0.15, -0.1) is 0 Å². The first-order valence-electron chi connectivity index (χ1n) is 6.07. The monoisotopic (exact) mass is 263 g/mol. The molecule has 0 aliphatic carbocycles. The lowest BCUT2D eigenvalue weighted by Gasteiger charge is -2.26. The van der Waals surface area contributed by atoms with Gasteiger partial charge in [0.1, 0.15) is 5.75 Å². The summed E-state index contributed by atoms with van der Waals surface area (Å²) < 4.78 is 5.19. The molecule has 1 heterocycles. The van der Waals surface area contributed by atoms with Crippen LogP contribution in [0.15, 0.2) is 18.2 Å². The lowest BCUT2D eigenvalue weighted by atomic mass is 10.0. The molecule has 1 aliphatic heterocycles. The summed E-state index contributed by atoms with van der Waals surface area (Å²) in [6.45, 7) is 2.82. The molecule has 2 amide bonds. The second-order valence-electron chi connectivity index (χ2n) is 4.44. The molecule has 1 aromatic rings. The number of hydrogen-bond acceptors (Lipinski definition) is 4. The van der Waals surface area contributed by atoms with Crippen molar-refractivity contribution in [3.05, 3.63) is 18.2 Å². The topological polar surface area (TPSA) is 79.5 Å². The summed E-state index contributed by atoms with van der Waals surface area (Å²) in [5, 5.41) is 8.54. The average Bonchev–Trinajstić information content (AvgIpc) is 2.26. The molecule has 0 atom stereocenters. The van der Waals surface area contributed by atoms with Crippen molar-refractivity contribution >= 4 is 23.2 Å². The van der Waals surface area contributed by atoms with E-state index in [9.17, 15) is 9.59 Å². The number of carbonyl (C=O) groups excluding carboxylic acids is 2. The molecule has 1 saturated heterocycles. The van der Waals surface area contributed by atoms with Crippen LogP contribution in [-0.2, 0) is 9.59 Å². The molecule has 6 nitrogen and oxygen atoms in total. The van der Waals surface area contributed by atoms with Crippen molar-refractivity contribution < 1.29 is 14.3 Å². The van der Waals surface area contributed by atoms with Crippen LogP contribution in [0.3, 0.4) is 0 Å². The van der Waals surface area contributed by atoms with Crippen molar-refractivity contribution in [2.24, 2.45) is 5.92 Å². The second-order valence-corrected chi connectivity index (χ2v) is 4.44. The van der Waals surface area contributed by atoms with Gasteiger partial charge in [0.15, 0.2) is 0 Å². The van der Waals surface area contributed by atoms with Crippen LogP contribution in [0.5, 0.6) is 5.75 Å². The highest BCUT2D eigenvalue weighted by atomic mass is 16.5. The number of rotatable bonds is 4. The highest BCUT2D eigenvalue weighted by molar-refractivity contribution is 5.96. The minimum Gasteiger partial charge on any atom is -0.495 e. The zero-order valence-electron chi connectivity index (χ0n) is 10.9. The number of amides is 2. The first kappa shape index (κ1) is 13.4. The van der Waals surface area contributed by atoms with Crippen molar-refractivity contribution in [1.29, 1.82) is 0 Å². The van der Waals surface area contributed by atoms with Crippen LogP contribution in [-0.4, -0.2) is 32.0 Å². The van der Waals surface area contributed by atoms with Crippen LogP contribution in [0, 0.1) is 5.92 Å². The minimum absolute atomic E-state index is 0.00544. The van der Waals surface area contributed by atoms with Crippen molar-refractivity contribution in [2.75, 3.05) is 30.8 Å². The molecule has 0 saturated carbocycles. The fourth-order valence-corrected chi connectivity index (χ4v) is 1.80. The van der Waals surface area contributed by atoms with Gasteiger partial charge in [0.25, 0.3) is 0 Å². The quantitative estimate of drug-likeness (QED) is 0.751. The van der Waals surface area contributed by atoms with Crippen molar-refractivity contribution in [2.45, 2.75) is 6.92 Å². The Kier molecular flexibility index (Phi) is 4.01. The Bertz CT molecular complexity index is 498. The molecule has 6 heteroatoms. The SMILES string of the molecule is COc1ccc(NC(C)=O)cc1NC(=O)C1CNC1. The first-order valence-corrected chi connectivity index (χ1v) is 6.07. The summed E-state index contributed by atoms with van der Waals surface area (Å²) in [5.74, 6) is 0.353. The third-order valence-corrected chi connectivity index (χ3v) is 2.93. The zero-order chi connectivity index (χ0) is 13.8. The molecule has 102 valence electrons. The highest BCUT2D eigenvalue weighted by Gasteiger charge is 2.25. The van der Waals surface area contributed by atoms with Gasteiger partial charge in [-0.05, 0) is 18.2 Å². The molecule has 0 bridgehead atoms. The molecule has 0 aromatic heterocycles. The number of anilines is 2. The number of benzene rings is 1. The number of nitrogens with one attached hydrogen (secondary N) is 3. The first-order chi connectivity index (χ1) is 9.10. The Morgan fingerprint density at radius 2 is 2.05 bits per heavy atom. The van der Waals surface area contributed by atoms with Crippen LogP contribution >= 0.6 is 0 Å². The van der Waals surface area contributed by atoms with E-state index < -0.39 is 0 Å². The predicted octanol–water partition coefficient (Wildman–Crippen LogP) is 0.811. The Labute approximate surface area is 111 Å². The van der Waals surface area contributed by atoms with E-state index in [0.717, 1.165) is 0 Å². The van der Waals surface area contributed by atoms with Crippen LogP contribution in [0.1, 0.15) is 6.92 Å². The summed E-state index contributed by atoms with van der Waals surface area (Å²) in [4.78, 5) is 22.9. The highest BCUT2D eigenvalue weighted by Crippen LogP contribution is 2.28. The third kappa shape index (κ3) is 3.23. The van der Waals surface area contributed by atoms with Gasteiger partial charge in [-0.3, -0.25) is 9.59 Å². The number of ether oxygens (including phenoxy) is 1. The van der Waals surface area contributed by atoms with E-state index in [4.69, 9.17) is 4.74 Å². The largest absolute Gasteiger partial charge is 0.495 e. The van der Waals surface area contributed by atoms with E-state index in [0.29, 0.717) is 30.2 Å². The summed E-state index contributed by atoms with van der Waals surface area (Å²) >= 11 is 0.